The van der Waals surface area contributed by atoms with E-state index in [4.69, 9.17) is 16.0 Å². The smallest absolute Gasteiger partial charge is 0.287 e. The maximum atomic E-state index is 12.3. The van der Waals surface area contributed by atoms with Gasteiger partial charge in [0, 0.05) is 22.5 Å². The highest BCUT2D eigenvalue weighted by Gasteiger charge is 2.18. The first-order valence-electron chi connectivity index (χ1n) is 7.26. The van der Waals surface area contributed by atoms with Gasteiger partial charge in [-0.3, -0.25) is 4.79 Å². The van der Waals surface area contributed by atoms with Crippen LogP contribution in [0, 0.1) is 6.92 Å². The van der Waals surface area contributed by atoms with Crippen molar-refractivity contribution in [3.05, 3.63) is 70.4 Å². The summed E-state index contributed by atoms with van der Waals surface area (Å²) in [6.45, 7) is 1.94. The molecule has 1 unspecified atom stereocenters. The molecule has 0 fully saturated rings. The van der Waals surface area contributed by atoms with Gasteiger partial charge >= 0.3 is 0 Å². The predicted molar refractivity (Wildman–Crippen MR) is 89.7 cm³/mol. The summed E-state index contributed by atoms with van der Waals surface area (Å²) in [5, 5.41) is 14.3. The molecule has 0 radical (unpaired) electrons. The van der Waals surface area contributed by atoms with Crippen LogP contribution >= 0.6 is 11.6 Å². The zero-order valence-corrected chi connectivity index (χ0v) is 13.3. The Bertz CT molecular complexity index is 839. The van der Waals surface area contributed by atoms with Gasteiger partial charge in [0.05, 0.1) is 6.10 Å². The number of hydrogen-bond acceptors (Lipinski definition) is 3. The number of para-hydroxylation sites is 1. The van der Waals surface area contributed by atoms with Crippen molar-refractivity contribution in [3.63, 3.8) is 0 Å². The Labute approximate surface area is 138 Å². The lowest BCUT2D eigenvalue weighted by atomic mass is 10.1. The number of rotatable bonds is 4. The van der Waals surface area contributed by atoms with Crippen molar-refractivity contribution in [2.45, 2.75) is 13.0 Å². The molecule has 4 nitrogen and oxygen atoms in total. The molecule has 2 N–H and O–H groups in total. The molecule has 0 aliphatic carbocycles. The van der Waals surface area contributed by atoms with E-state index in [0.29, 0.717) is 16.2 Å². The number of fused-ring (bicyclic) bond motifs is 1. The van der Waals surface area contributed by atoms with Gasteiger partial charge in [-0.05, 0) is 30.7 Å². The molecule has 0 saturated heterocycles. The molecule has 2 aromatic carbocycles. The quantitative estimate of drug-likeness (QED) is 0.764. The van der Waals surface area contributed by atoms with Crippen LogP contribution in [0.1, 0.15) is 27.8 Å². The van der Waals surface area contributed by atoms with E-state index in [-0.39, 0.29) is 18.2 Å². The van der Waals surface area contributed by atoms with Crippen LogP contribution in [0.4, 0.5) is 0 Å². The number of benzene rings is 2. The first kappa shape index (κ1) is 15.6. The van der Waals surface area contributed by atoms with Crippen LogP contribution in [0.3, 0.4) is 0 Å². The van der Waals surface area contributed by atoms with Crippen LogP contribution in [0.25, 0.3) is 11.0 Å². The fourth-order valence-corrected chi connectivity index (χ4v) is 2.59. The Morgan fingerprint density at radius 3 is 2.61 bits per heavy atom. The summed E-state index contributed by atoms with van der Waals surface area (Å²) in [5.74, 6) is -0.0683. The zero-order chi connectivity index (χ0) is 16.4. The summed E-state index contributed by atoms with van der Waals surface area (Å²) in [6.07, 6.45) is -0.805. The molecule has 5 heteroatoms. The van der Waals surface area contributed by atoms with Crippen LogP contribution in [-0.4, -0.2) is 17.6 Å². The highest BCUT2D eigenvalue weighted by molar-refractivity contribution is 6.30. The standard InChI is InChI=1S/C18H16ClNO3/c1-11-14-4-2-3-5-16(14)23-17(11)18(22)20-10-15(21)12-6-8-13(19)9-7-12/h2-9,15,21H,10H2,1H3,(H,20,22). The number of carbonyl (C=O) groups is 1. The summed E-state index contributed by atoms with van der Waals surface area (Å²) in [6, 6.07) is 14.3. The largest absolute Gasteiger partial charge is 0.451 e. The number of amides is 1. The highest BCUT2D eigenvalue weighted by Crippen LogP contribution is 2.25. The monoisotopic (exact) mass is 329 g/mol. The molecule has 0 aliphatic rings. The number of carbonyl (C=O) groups excluding carboxylic acids is 1. The normalized spacial score (nSPS) is 12.3. The third-order valence-electron chi connectivity index (χ3n) is 3.76. The van der Waals surface area contributed by atoms with Gasteiger partial charge in [0.1, 0.15) is 5.58 Å². The summed E-state index contributed by atoms with van der Waals surface area (Å²) >= 11 is 5.82. The number of aliphatic hydroxyl groups excluding tert-OH is 1. The molecular formula is C18H16ClNO3. The zero-order valence-electron chi connectivity index (χ0n) is 12.5. The van der Waals surface area contributed by atoms with Crippen molar-refractivity contribution in [1.82, 2.24) is 5.32 Å². The van der Waals surface area contributed by atoms with Crippen molar-refractivity contribution in [2.75, 3.05) is 6.54 Å². The van der Waals surface area contributed by atoms with Crippen LogP contribution in [0.5, 0.6) is 0 Å². The van der Waals surface area contributed by atoms with Gasteiger partial charge < -0.3 is 14.8 Å². The summed E-state index contributed by atoms with van der Waals surface area (Å²) in [7, 11) is 0. The van der Waals surface area contributed by atoms with Crippen LogP contribution in [0.15, 0.2) is 52.9 Å². The molecule has 3 aromatic rings. The lowest BCUT2D eigenvalue weighted by molar-refractivity contribution is 0.0890. The average Bonchev–Trinajstić information content (AvgIpc) is 2.90. The fourth-order valence-electron chi connectivity index (χ4n) is 2.46. The van der Waals surface area contributed by atoms with Crippen molar-refractivity contribution in [1.29, 1.82) is 0 Å². The van der Waals surface area contributed by atoms with E-state index in [2.05, 4.69) is 5.32 Å². The summed E-state index contributed by atoms with van der Waals surface area (Å²) < 4.78 is 5.60. The van der Waals surface area contributed by atoms with E-state index in [1.54, 1.807) is 24.3 Å². The molecule has 1 amide bonds. The van der Waals surface area contributed by atoms with Gasteiger partial charge in [0.15, 0.2) is 5.76 Å². The van der Waals surface area contributed by atoms with E-state index < -0.39 is 6.10 Å². The molecule has 0 spiro atoms. The Morgan fingerprint density at radius 1 is 1.22 bits per heavy atom. The van der Waals surface area contributed by atoms with Gasteiger partial charge in [0.2, 0.25) is 0 Å². The predicted octanol–water partition coefficient (Wildman–Crippen LogP) is 3.86. The van der Waals surface area contributed by atoms with Gasteiger partial charge in [-0.1, -0.05) is 41.9 Å². The minimum atomic E-state index is -0.805. The van der Waals surface area contributed by atoms with E-state index in [0.717, 1.165) is 10.9 Å². The number of halogens is 1. The average molecular weight is 330 g/mol. The number of nitrogens with one attached hydrogen (secondary N) is 1. The SMILES string of the molecule is Cc1c(C(=O)NCC(O)c2ccc(Cl)cc2)oc2ccccc12. The Kier molecular flexibility index (Phi) is 4.37. The van der Waals surface area contributed by atoms with Crippen molar-refractivity contribution in [3.8, 4) is 0 Å². The molecule has 1 aromatic heterocycles. The number of aliphatic hydroxyl groups is 1. The minimum absolute atomic E-state index is 0.0942. The second kappa shape index (κ2) is 6.44. The van der Waals surface area contributed by atoms with Crippen molar-refractivity contribution < 1.29 is 14.3 Å². The topological polar surface area (TPSA) is 62.5 Å². The first-order chi connectivity index (χ1) is 11.1. The van der Waals surface area contributed by atoms with E-state index in [1.807, 2.05) is 31.2 Å². The molecule has 118 valence electrons. The van der Waals surface area contributed by atoms with Crippen LogP contribution in [-0.2, 0) is 0 Å². The molecule has 0 aliphatic heterocycles. The molecule has 3 rings (SSSR count). The molecular weight excluding hydrogens is 314 g/mol. The molecule has 1 atom stereocenters. The number of aryl methyl sites for hydroxylation is 1. The Balaban J connectivity index is 1.71. The third kappa shape index (κ3) is 3.23. The molecule has 0 bridgehead atoms. The van der Waals surface area contributed by atoms with Gasteiger partial charge in [0.25, 0.3) is 5.91 Å². The van der Waals surface area contributed by atoms with Gasteiger partial charge in [-0.2, -0.15) is 0 Å². The van der Waals surface area contributed by atoms with Gasteiger partial charge in [-0.25, -0.2) is 0 Å². The third-order valence-corrected chi connectivity index (χ3v) is 4.01. The first-order valence-corrected chi connectivity index (χ1v) is 7.64. The van der Waals surface area contributed by atoms with Crippen molar-refractivity contribution in [2.24, 2.45) is 0 Å². The summed E-state index contributed by atoms with van der Waals surface area (Å²) in [4.78, 5) is 12.3. The van der Waals surface area contributed by atoms with Gasteiger partial charge in [-0.15, -0.1) is 0 Å². The van der Waals surface area contributed by atoms with E-state index >= 15 is 0 Å². The second-order valence-corrected chi connectivity index (χ2v) is 5.77. The maximum absolute atomic E-state index is 12.3. The highest BCUT2D eigenvalue weighted by atomic mass is 35.5. The van der Waals surface area contributed by atoms with Crippen LogP contribution < -0.4 is 5.32 Å². The lowest BCUT2D eigenvalue weighted by Crippen LogP contribution is -2.28. The Morgan fingerprint density at radius 2 is 1.91 bits per heavy atom. The second-order valence-electron chi connectivity index (χ2n) is 5.33. The van der Waals surface area contributed by atoms with E-state index in [1.165, 1.54) is 0 Å². The summed E-state index contributed by atoms with van der Waals surface area (Å²) in [5.41, 5.74) is 2.16. The van der Waals surface area contributed by atoms with E-state index in [9.17, 15) is 9.90 Å². The molecule has 1 heterocycles. The van der Waals surface area contributed by atoms with Crippen LogP contribution in [0.2, 0.25) is 5.02 Å². The van der Waals surface area contributed by atoms with Crippen molar-refractivity contribution >= 4 is 28.5 Å². The molecule has 23 heavy (non-hydrogen) atoms. The minimum Gasteiger partial charge on any atom is -0.451 e. The lowest BCUT2D eigenvalue weighted by Gasteiger charge is -2.12. The number of hydrogen-bond donors (Lipinski definition) is 2. The number of furan rings is 1. The maximum Gasteiger partial charge on any atom is 0.287 e. The molecule has 0 saturated carbocycles. The fraction of sp³-hybridized carbons (Fsp3) is 0.167. The Hall–Kier alpha value is -2.30.